The van der Waals surface area contributed by atoms with Gasteiger partial charge in [0.15, 0.2) is 0 Å². The third-order valence-electron chi connectivity index (χ3n) is 2.17. The van der Waals surface area contributed by atoms with E-state index in [1.807, 2.05) is 0 Å². The van der Waals surface area contributed by atoms with Gasteiger partial charge in [-0.1, -0.05) is 0 Å². The Morgan fingerprint density at radius 1 is 1.17 bits per heavy atom. The molecule has 102 valence electrons. The zero-order valence-electron chi connectivity index (χ0n) is 10.4. The number of carbonyl (C=O) groups is 4. The van der Waals surface area contributed by atoms with Crippen LogP contribution in [0.5, 0.6) is 0 Å². The number of rotatable bonds is 8. The molecular formula is C11H17NO6. The van der Waals surface area contributed by atoms with E-state index in [9.17, 15) is 19.2 Å². The highest BCUT2D eigenvalue weighted by Gasteiger charge is 2.22. The second-order valence-electron chi connectivity index (χ2n) is 3.78. The molecule has 0 radical (unpaired) electrons. The van der Waals surface area contributed by atoms with Crippen LogP contribution in [0.25, 0.3) is 0 Å². The van der Waals surface area contributed by atoms with E-state index in [0.29, 0.717) is 0 Å². The smallest absolute Gasteiger partial charge is 0.328 e. The fraction of sp³-hybridized carbons (Fsp3) is 0.636. The highest BCUT2D eigenvalue weighted by Crippen LogP contribution is 2.01. The number of carbonyl (C=O) groups excluding carboxylic acids is 3. The Morgan fingerprint density at radius 2 is 1.78 bits per heavy atom. The summed E-state index contributed by atoms with van der Waals surface area (Å²) in [5, 5.41) is 10.9. The molecule has 0 aromatic heterocycles. The molecule has 7 nitrogen and oxygen atoms in total. The van der Waals surface area contributed by atoms with Crippen LogP contribution in [0.2, 0.25) is 0 Å². The topological polar surface area (TPSA) is 110 Å². The number of methoxy groups -OCH3 is 1. The molecule has 0 fully saturated rings. The average Bonchev–Trinajstić information content (AvgIpc) is 2.30. The van der Waals surface area contributed by atoms with Crippen LogP contribution >= 0.6 is 0 Å². The van der Waals surface area contributed by atoms with Crippen molar-refractivity contribution in [2.24, 2.45) is 0 Å². The van der Waals surface area contributed by atoms with Gasteiger partial charge in [0.25, 0.3) is 0 Å². The molecule has 0 bridgehead atoms. The van der Waals surface area contributed by atoms with Gasteiger partial charge in [-0.3, -0.25) is 9.59 Å². The summed E-state index contributed by atoms with van der Waals surface area (Å²) in [6, 6.07) is -0.995. The number of aliphatic carboxylic acids is 1. The lowest BCUT2D eigenvalue weighted by molar-refractivity contribution is -0.146. The predicted octanol–water partition coefficient (Wildman–Crippen LogP) is -0.122. The number of carboxylic acids is 1. The van der Waals surface area contributed by atoms with Crippen LogP contribution in [0.15, 0.2) is 0 Å². The maximum atomic E-state index is 11.4. The standard InChI is InChI=1S/C11H17NO6/c1-7(13)3-5-9(14)12-8(11(17)18-2)4-6-10(15)16/h8H,3-6H2,1-2H3,(H,12,14)(H,15,16). The van der Waals surface area contributed by atoms with Gasteiger partial charge in [0.05, 0.1) is 7.11 Å². The minimum absolute atomic E-state index is 0.0318. The van der Waals surface area contributed by atoms with Crippen LogP contribution in [-0.4, -0.2) is 41.9 Å². The second-order valence-corrected chi connectivity index (χ2v) is 3.78. The summed E-state index contributed by atoms with van der Waals surface area (Å²) in [6.45, 7) is 1.36. The summed E-state index contributed by atoms with van der Waals surface area (Å²) in [5.74, 6) is -2.38. The monoisotopic (exact) mass is 259 g/mol. The molecular weight excluding hydrogens is 242 g/mol. The minimum atomic E-state index is -1.07. The van der Waals surface area contributed by atoms with Crippen molar-refractivity contribution in [3.8, 4) is 0 Å². The minimum Gasteiger partial charge on any atom is -0.481 e. The molecule has 0 aliphatic heterocycles. The van der Waals surface area contributed by atoms with Crippen molar-refractivity contribution in [1.82, 2.24) is 5.32 Å². The van der Waals surface area contributed by atoms with E-state index in [2.05, 4.69) is 10.1 Å². The van der Waals surface area contributed by atoms with Gasteiger partial charge in [-0.25, -0.2) is 4.79 Å². The van der Waals surface area contributed by atoms with E-state index < -0.39 is 23.9 Å². The number of ether oxygens (including phenoxy) is 1. The van der Waals surface area contributed by atoms with Gasteiger partial charge in [-0.2, -0.15) is 0 Å². The highest BCUT2D eigenvalue weighted by molar-refractivity contribution is 5.87. The summed E-state index contributed by atoms with van der Waals surface area (Å²) in [7, 11) is 1.15. The zero-order valence-corrected chi connectivity index (χ0v) is 10.4. The first-order valence-corrected chi connectivity index (χ1v) is 5.45. The van der Waals surface area contributed by atoms with Gasteiger partial charge in [-0.05, 0) is 13.3 Å². The fourth-order valence-electron chi connectivity index (χ4n) is 1.22. The van der Waals surface area contributed by atoms with Crippen LogP contribution < -0.4 is 5.32 Å². The Bertz CT molecular complexity index is 338. The quantitative estimate of drug-likeness (QED) is 0.588. The second kappa shape index (κ2) is 8.21. The van der Waals surface area contributed by atoms with Crippen molar-refractivity contribution >= 4 is 23.6 Å². The maximum absolute atomic E-state index is 11.4. The van der Waals surface area contributed by atoms with E-state index in [-0.39, 0.29) is 31.5 Å². The molecule has 0 aliphatic carbocycles. The lowest BCUT2D eigenvalue weighted by Gasteiger charge is -2.15. The number of amides is 1. The van der Waals surface area contributed by atoms with E-state index in [1.165, 1.54) is 6.92 Å². The van der Waals surface area contributed by atoms with Crippen molar-refractivity contribution < 1.29 is 29.0 Å². The maximum Gasteiger partial charge on any atom is 0.328 e. The molecule has 0 spiro atoms. The molecule has 1 amide bonds. The molecule has 0 aliphatic rings. The van der Waals surface area contributed by atoms with Crippen LogP contribution in [0, 0.1) is 0 Å². The van der Waals surface area contributed by atoms with Crippen molar-refractivity contribution in [2.75, 3.05) is 7.11 Å². The summed E-state index contributed by atoms with van der Waals surface area (Å²) in [5.41, 5.74) is 0. The van der Waals surface area contributed by atoms with Gasteiger partial charge in [-0.15, -0.1) is 0 Å². The molecule has 0 heterocycles. The van der Waals surface area contributed by atoms with Gasteiger partial charge in [0.1, 0.15) is 11.8 Å². The molecule has 7 heteroatoms. The number of esters is 1. The summed E-state index contributed by atoms with van der Waals surface area (Å²) in [6.07, 6.45) is -0.255. The van der Waals surface area contributed by atoms with Gasteiger partial charge in [0, 0.05) is 19.3 Å². The number of hydrogen-bond acceptors (Lipinski definition) is 5. The predicted molar refractivity (Wildman–Crippen MR) is 60.7 cm³/mol. The normalized spacial score (nSPS) is 11.4. The Labute approximate surface area is 104 Å². The molecule has 0 saturated heterocycles. The molecule has 0 aromatic carbocycles. The molecule has 0 aromatic rings. The van der Waals surface area contributed by atoms with Crippen LogP contribution in [0.3, 0.4) is 0 Å². The molecule has 1 atom stereocenters. The Balaban J connectivity index is 4.30. The van der Waals surface area contributed by atoms with E-state index in [4.69, 9.17) is 5.11 Å². The SMILES string of the molecule is COC(=O)C(CCC(=O)O)NC(=O)CCC(C)=O. The summed E-state index contributed by atoms with van der Waals surface area (Å²) >= 11 is 0. The van der Waals surface area contributed by atoms with E-state index >= 15 is 0 Å². The van der Waals surface area contributed by atoms with Crippen LogP contribution in [0.4, 0.5) is 0 Å². The van der Waals surface area contributed by atoms with Crippen LogP contribution in [0.1, 0.15) is 32.6 Å². The summed E-state index contributed by atoms with van der Waals surface area (Å²) < 4.78 is 4.46. The van der Waals surface area contributed by atoms with Crippen molar-refractivity contribution in [3.05, 3.63) is 0 Å². The van der Waals surface area contributed by atoms with Gasteiger partial charge >= 0.3 is 11.9 Å². The number of hydrogen-bond donors (Lipinski definition) is 2. The number of nitrogens with one attached hydrogen (secondary N) is 1. The average molecular weight is 259 g/mol. The first-order valence-electron chi connectivity index (χ1n) is 5.45. The lowest BCUT2D eigenvalue weighted by atomic mass is 10.1. The van der Waals surface area contributed by atoms with Gasteiger partial charge in [0.2, 0.25) is 5.91 Å². The van der Waals surface area contributed by atoms with Crippen LogP contribution in [-0.2, 0) is 23.9 Å². The molecule has 1 unspecified atom stereocenters. The third kappa shape index (κ3) is 7.37. The summed E-state index contributed by atoms with van der Waals surface area (Å²) in [4.78, 5) is 43.8. The van der Waals surface area contributed by atoms with Gasteiger partial charge < -0.3 is 20.0 Å². The Morgan fingerprint density at radius 3 is 2.22 bits per heavy atom. The molecule has 2 N–H and O–H groups in total. The molecule has 0 rings (SSSR count). The molecule has 18 heavy (non-hydrogen) atoms. The third-order valence-corrected chi connectivity index (χ3v) is 2.17. The number of carboxylic acid groups (broad SMARTS) is 1. The highest BCUT2D eigenvalue weighted by atomic mass is 16.5. The first kappa shape index (κ1) is 16.1. The van der Waals surface area contributed by atoms with Crippen molar-refractivity contribution in [1.29, 1.82) is 0 Å². The van der Waals surface area contributed by atoms with E-state index in [1.54, 1.807) is 0 Å². The largest absolute Gasteiger partial charge is 0.481 e. The van der Waals surface area contributed by atoms with Crippen molar-refractivity contribution in [3.63, 3.8) is 0 Å². The fourth-order valence-corrected chi connectivity index (χ4v) is 1.22. The lowest BCUT2D eigenvalue weighted by Crippen LogP contribution is -2.41. The zero-order chi connectivity index (χ0) is 14.1. The Kier molecular flexibility index (Phi) is 7.34. The first-order chi connectivity index (χ1) is 8.36. The van der Waals surface area contributed by atoms with Crippen molar-refractivity contribution in [2.45, 2.75) is 38.6 Å². The number of ketones is 1. The number of Topliss-reactive ketones (excluding diaryl/α,β-unsaturated/α-hetero) is 1. The Hall–Kier alpha value is -1.92. The molecule has 0 saturated carbocycles. The van der Waals surface area contributed by atoms with E-state index in [0.717, 1.165) is 7.11 Å².